The minimum Gasteiger partial charge on any atom is -0.379 e. The third-order valence-corrected chi connectivity index (χ3v) is 3.27. The van der Waals surface area contributed by atoms with Crippen molar-refractivity contribution in [2.75, 3.05) is 12.3 Å². The zero-order chi connectivity index (χ0) is 12.3. The Balaban J connectivity index is 2.14. The Hall–Kier alpha value is -1.82. The van der Waals surface area contributed by atoms with Crippen molar-refractivity contribution in [2.45, 2.75) is 0 Å². The molecule has 5 nitrogen and oxygen atoms in total. The first-order valence-electron chi connectivity index (χ1n) is 5.04. The first-order valence-corrected chi connectivity index (χ1v) is 6.02. The molecule has 0 atom stereocenters. The third-order valence-electron chi connectivity index (χ3n) is 2.28. The van der Waals surface area contributed by atoms with Gasteiger partial charge in [0.25, 0.3) is 5.69 Å². The zero-order valence-electron chi connectivity index (χ0n) is 8.88. The molecule has 0 aliphatic carbocycles. The van der Waals surface area contributed by atoms with Gasteiger partial charge in [0.2, 0.25) is 0 Å². The monoisotopic (exact) mass is 250 g/mol. The molecule has 1 fully saturated rings. The highest BCUT2D eigenvalue weighted by Gasteiger charge is 2.11. The van der Waals surface area contributed by atoms with Gasteiger partial charge in [0.05, 0.1) is 9.95 Å². The molecule has 1 aromatic rings. The van der Waals surface area contributed by atoms with Gasteiger partial charge in [0.15, 0.2) is 5.78 Å². The summed E-state index contributed by atoms with van der Waals surface area (Å²) in [5.41, 5.74) is 0.444. The molecule has 6 heteroatoms. The van der Waals surface area contributed by atoms with Crippen LogP contribution in [0.4, 0.5) is 5.69 Å². The highest BCUT2D eigenvalue weighted by molar-refractivity contribution is 8.03. The lowest BCUT2D eigenvalue weighted by Crippen LogP contribution is -2.06. The van der Waals surface area contributed by atoms with E-state index >= 15 is 0 Å². The number of allylic oxidation sites excluding steroid dienone is 1. The molecule has 1 aliphatic heterocycles. The van der Waals surface area contributed by atoms with Gasteiger partial charge in [-0.1, -0.05) is 0 Å². The van der Waals surface area contributed by atoms with Crippen LogP contribution in [-0.4, -0.2) is 23.0 Å². The fourth-order valence-electron chi connectivity index (χ4n) is 1.43. The number of nitro benzene ring substituents is 1. The Labute approximate surface area is 102 Å². The molecular formula is C11H10N2O3S. The number of carbonyl (C=O) groups is 1. The van der Waals surface area contributed by atoms with E-state index in [-0.39, 0.29) is 11.5 Å². The van der Waals surface area contributed by atoms with Crippen LogP contribution in [0.1, 0.15) is 10.4 Å². The van der Waals surface area contributed by atoms with Crippen LogP contribution in [0.3, 0.4) is 0 Å². The van der Waals surface area contributed by atoms with Crippen LogP contribution in [0.5, 0.6) is 0 Å². The Kier molecular flexibility index (Phi) is 3.43. The van der Waals surface area contributed by atoms with E-state index in [1.807, 2.05) is 0 Å². The highest BCUT2D eigenvalue weighted by Crippen LogP contribution is 2.19. The van der Waals surface area contributed by atoms with E-state index in [2.05, 4.69) is 5.32 Å². The average Bonchev–Trinajstić information content (AvgIpc) is 2.82. The molecular weight excluding hydrogens is 240 g/mol. The molecule has 0 unspecified atom stereocenters. The average molecular weight is 250 g/mol. The van der Waals surface area contributed by atoms with Gasteiger partial charge in [-0.3, -0.25) is 14.9 Å². The number of carbonyl (C=O) groups excluding carboxylic acids is 1. The maximum atomic E-state index is 11.8. The van der Waals surface area contributed by atoms with Crippen LogP contribution in [0.2, 0.25) is 0 Å². The summed E-state index contributed by atoms with van der Waals surface area (Å²) < 4.78 is 0. The molecule has 1 aliphatic rings. The van der Waals surface area contributed by atoms with E-state index in [9.17, 15) is 14.9 Å². The molecule has 1 heterocycles. The first kappa shape index (κ1) is 11.7. The summed E-state index contributed by atoms with van der Waals surface area (Å²) in [5, 5.41) is 14.4. The maximum Gasteiger partial charge on any atom is 0.269 e. The molecule has 1 aromatic carbocycles. The van der Waals surface area contributed by atoms with Crippen molar-refractivity contribution in [3.05, 3.63) is 51.0 Å². The normalized spacial score (nSPS) is 16.8. The molecule has 1 saturated heterocycles. The lowest BCUT2D eigenvalue weighted by atomic mass is 10.1. The number of rotatable bonds is 3. The van der Waals surface area contributed by atoms with E-state index < -0.39 is 4.92 Å². The van der Waals surface area contributed by atoms with E-state index in [4.69, 9.17) is 0 Å². The zero-order valence-corrected chi connectivity index (χ0v) is 9.70. The predicted molar refractivity (Wildman–Crippen MR) is 66.0 cm³/mol. The summed E-state index contributed by atoms with van der Waals surface area (Å²) in [7, 11) is 0. The van der Waals surface area contributed by atoms with Crippen molar-refractivity contribution in [1.29, 1.82) is 0 Å². The van der Waals surface area contributed by atoms with Crippen LogP contribution < -0.4 is 5.32 Å². The highest BCUT2D eigenvalue weighted by atomic mass is 32.2. The summed E-state index contributed by atoms with van der Waals surface area (Å²) in [5.74, 6) is 0.816. The minimum atomic E-state index is -0.485. The number of nitro groups is 1. The van der Waals surface area contributed by atoms with Gasteiger partial charge in [-0.2, -0.15) is 0 Å². The van der Waals surface area contributed by atoms with Crippen LogP contribution in [0.15, 0.2) is 35.4 Å². The number of hydrogen-bond donors (Lipinski definition) is 1. The third kappa shape index (κ3) is 2.85. The van der Waals surface area contributed by atoms with Gasteiger partial charge in [0.1, 0.15) is 0 Å². The molecule has 0 bridgehead atoms. The summed E-state index contributed by atoms with van der Waals surface area (Å²) in [6.45, 7) is 0.865. The standard InChI is InChI=1S/C11H10N2O3S/c14-10(7-11-12-5-6-17-11)8-1-3-9(4-2-8)13(15)16/h1-4,7,12H,5-6H2/b11-7+. The van der Waals surface area contributed by atoms with Crippen LogP contribution in [0.25, 0.3) is 0 Å². The largest absolute Gasteiger partial charge is 0.379 e. The number of thioether (sulfide) groups is 1. The SMILES string of the molecule is O=C(/C=C1\NCCS1)c1ccc([N+](=O)[O-])cc1. The van der Waals surface area contributed by atoms with Crippen molar-refractivity contribution < 1.29 is 9.72 Å². The van der Waals surface area contributed by atoms with Crippen molar-refractivity contribution in [2.24, 2.45) is 0 Å². The minimum absolute atomic E-state index is 0.0115. The Bertz CT molecular complexity index is 474. The molecule has 88 valence electrons. The molecule has 2 rings (SSSR count). The van der Waals surface area contributed by atoms with Crippen LogP contribution in [-0.2, 0) is 0 Å². The first-order chi connectivity index (χ1) is 8.16. The van der Waals surface area contributed by atoms with Gasteiger partial charge < -0.3 is 5.32 Å². The molecule has 0 amide bonds. The fourth-order valence-corrected chi connectivity index (χ4v) is 2.25. The smallest absolute Gasteiger partial charge is 0.269 e. The van der Waals surface area contributed by atoms with Gasteiger partial charge in [-0.25, -0.2) is 0 Å². The van der Waals surface area contributed by atoms with Crippen molar-refractivity contribution in [1.82, 2.24) is 5.32 Å². The molecule has 0 saturated carbocycles. The van der Waals surface area contributed by atoms with E-state index in [0.29, 0.717) is 5.56 Å². The number of nitrogens with zero attached hydrogens (tertiary/aromatic N) is 1. The molecule has 17 heavy (non-hydrogen) atoms. The topological polar surface area (TPSA) is 72.2 Å². The van der Waals surface area contributed by atoms with E-state index in [1.165, 1.54) is 30.3 Å². The number of nitrogens with one attached hydrogen (secondary N) is 1. The van der Waals surface area contributed by atoms with E-state index in [1.54, 1.807) is 11.8 Å². The second-order valence-corrected chi connectivity index (χ2v) is 4.59. The number of non-ortho nitro benzene ring substituents is 1. The van der Waals surface area contributed by atoms with Gasteiger partial charge in [-0.15, -0.1) is 11.8 Å². The van der Waals surface area contributed by atoms with Gasteiger partial charge >= 0.3 is 0 Å². The fraction of sp³-hybridized carbons (Fsp3) is 0.182. The maximum absolute atomic E-state index is 11.8. The Morgan fingerprint density at radius 1 is 1.41 bits per heavy atom. The second-order valence-electron chi connectivity index (χ2n) is 3.45. The summed E-state index contributed by atoms with van der Waals surface area (Å²) >= 11 is 1.59. The molecule has 0 aromatic heterocycles. The number of ketones is 1. The predicted octanol–water partition coefficient (Wildman–Crippen LogP) is 1.96. The number of hydrogen-bond acceptors (Lipinski definition) is 5. The summed E-state index contributed by atoms with van der Waals surface area (Å²) in [6, 6.07) is 5.61. The quantitative estimate of drug-likeness (QED) is 0.384. The molecule has 0 spiro atoms. The van der Waals surface area contributed by atoms with Crippen molar-refractivity contribution in [3.8, 4) is 0 Å². The Morgan fingerprint density at radius 2 is 2.12 bits per heavy atom. The van der Waals surface area contributed by atoms with Gasteiger partial charge in [0, 0.05) is 36.1 Å². The Morgan fingerprint density at radius 3 is 2.65 bits per heavy atom. The van der Waals surface area contributed by atoms with Crippen LogP contribution in [0, 0.1) is 10.1 Å². The van der Waals surface area contributed by atoms with E-state index in [0.717, 1.165) is 17.3 Å². The molecule has 0 radical (unpaired) electrons. The summed E-state index contributed by atoms with van der Waals surface area (Å²) in [4.78, 5) is 21.8. The number of benzene rings is 1. The lowest BCUT2D eigenvalue weighted by Gasteiger charge is -1.98. The molecule has 1 N–H and O–H groups in total. The summed E-state index contributed by atoms with van der Waals surface area (Å²) in [6.07, 6.45) is 1.53. The second kappa shape index (κ2) is 5.01. The van der Waals surface area contributed by atoms with Gasteiger partial charge in [-0.05, 0) is 12.1 Å². The van der Waals surface area contributed by atoms with Crippen molar-refractivity contribution in [3.63, 3.8) is 0 Å². The lowest BCUT2D eigenvalue weighted by molar-refractivity contribution is -0.384. The van der Waals surface area contributed by atoms with Crippen LogP contribution >= 0.6 is 11.8 Å². The van der Waals surface area contributed by atoms with Crippen molar-refractivity contribution >= 4 is 23.2 Å².